The van der Waals surface area contributed by atoms with Gasteiger partial charge < -0.3 is 4.52 Å². The standard InChI is InChI=1S/C14H29O5P.2Na.H2O4S.2H/c1-3-4-5-6-7-8-9-10-11-12-13-18-20(16,17)19-14(2)15;;;1-5(2,3)4;;/h3-13H2,1-2H3,(H,16,17);;;(H2,1,2,3,4);;. The first kappa shape index (κ1) is 35.9. The molecule has 0 aliphatic heterocycles. The minimum absolute atomic E-state index is 0. The van der Waals surface area contributed by atoms with Gasteiger partial charge in [0.1, 0.15) is 0 Å². The second-order valence-electron chi connectivity index (χ2n) is 5.51. The molecule has 27 heavy (non-hydrogen) atoms. The van der Waals surface area contributed by atoms with E-state index in [0.29, 0.717) is 6.42 Å². The van der Waals surface area contributed by atoms with Gasteiger partial charge >= 0.3 is 83.3 Å². The number of hydrogen-bond acceptors (Lipinski definition) is 6. The van der Waals surface area contributed by atoms with Gasteiger partial charge in [0.25, 0.3) is 0 Å². The second kappa shape index (κ2) is 22.2. The fourth-order valence-corrected chi connectivity index (χ4v) is 2.70. The molecule has 9 nitrogen and oxygen atoms in total. The molecule has 0 spiro atoms. The zero-order valence-electron chi connectivity index (χ0n) is 14.9. The Morgan fingerprint density at radius 3 is 1.56 bits per heavy atom. The van der Waals surface area contributed by atoms with Crippen molar-refractivity contribution in [2.75, 3.05) is 6.61 Å². The predicted octanol–water partition coefficient (Wildman–Crippen LogP) is 2.64. The monoisotopic (exact) mass is 454 g/mol. The first-order chi connectivity index (χ1) is 11.5. The fraction of sp³-hybridized carbons (Fsp3) is 0.929. The summed E-state index contributed by atoms with van der Waals surface area (Å²) in [5, 5.41) is 0. The molecule has 0 bridgehead atoms. The van der Waals surface area contributed by atoms with Crippen molar-refractivity contribution in [3.05, 3.63) is 0 Å². The Hall–Kier alpha value is 1.49. The molecule has 0 heterocycles. The third kappa shape index (κ3) is 42.5. The summed E-state index contributed by atoms with van der Waals surface area (Å²) in [6.07, 6.45) is 11.8. The van der Waals surface area contributed by atoms with Crippen LogP contribution < -0.4 is 0 Å². The van der Waals surface area contributed by atoms with Crippen molar-refractivity contribution in [2.24, 2.45) is 0 Å². The van der Waals surface area contributed by atoms with Crippen LogP contribution in [0.5, 0.6) is 0 Å². The molecule has 1 atom stereocenters. The summed E-state index contributed by atoms with van der Waals surface area (Å²) >= 11 is 0. The van der Waals surface area contributed by atoms with Gasteiger partial charge in [-0.25, -0.2) is 4.57 Å². The van der Waals surface area contributed by atoms with Gasteiger partial charge in [-0.15, -0.1) is 0 Å². The molecular weight excluding hydrogens is 421 g/mol. The van der Waals surface area contributed by atoms with Crippen LogP contribution >= 0.6 is 7.82 Å². The van der Waals surface area contributed by atoms with E-state index in [1.807, 2.05) is 0 Å². The Balaban J connectivity index is -0.000000333. The van der Waals surface area contributed by atoms with Gasteiger partial charge in [0.2, 0.25) is 0 Å². The van der Waals surface area contributed by atoms with Crippen molar-refractivity contribution in [3.63, 3.8) is 0 Å². The minimum atomic E-state index is -4.67. The molecule has 0 aliphatic rings. The Kier molecular flexibility index (Phi) is 29.5. The summed E-state index contributed by atoms with van der Waals surface area (Å²) in [6.45, 7) is 3.44. The quantitative estimate of drug-likeness (QED) is 0.165. The maximum absolute atomic E-state index is 11.2. The van der Waals surface area contributed by atoms with Gasteiger partial charge in [-0.2, -0.15) is 8.42 Å². The number of rotatable bonds is 13. The number of carbonyl (C=O) groups is 1. The molecule has 0 rings (SSSR count). The van der Waals surface area contributed by atoms with Crippen LogP contribution in [0.25, 0.3) is 0 Å². The van der Waals surface area contributed by atoms with E-state index in [0.717, 1.165) is 19.8 Å². The summed E-state index contributed by atoms with van der Waals surface area (Å²) in [7, 11) is -8.84. The normalized spacial score (nSPS) is 12.5. The molecule has 0 aliphatic carbocycles. The third-order valence-corrected chi connectivity index (χ3v) is 3.99. The summed E-state index contributed by atoms with van der Waals surface area (Å²) in [6, 6.07) is 0. The molecule has 1 unspecified atom stereocenters. The van der Waals surface area contributed by atoms with Crippen molar-refractivity contribution in [1.82, 2.24) is 0 Å². The maximum atomic E-state index is 11.2. The zero-order valence-corrected chi connectivity index (χ0v) is 16.6. The first-order valence-corrected chi connectivity index (χ1v) is 11.2. The van der Waals surface area contributed by atoms with Crippen molar-refractivity contribution in [3.8, 4) is 0 Å². The number of hydrogen-bond donors (Lipinski definition) is 3. The van der Waals surface area contributed by atoms with Crippen molar-refractivity contribution in [1.29, 1.82) is 0 Å². The molecule has 0 aromatic heterocycles. The van der Waals surface area contributed by atoms with Crippen LogP contribution in [0, 0.1) is 0 Å². The predicted molar refractivity (Wildman–Crippen MR) is 108 cm³/mol. The first-order valence-electron chi connectivity index (χ1n) is 8.35. The average molecular weight is 454 g/mol. The van der Waals surface area contributed by atoms with Gasteiger partial charge in [0, 0.05) is 6.92 Å². The number of phosphoric ester groups is 1. The van der Waals surface area contributed by atoms with Gasteiger partial charge in [-0.1, -0.05) is 64.7 Å². The SMILES string of the molecule is CCCCCCCCCCCCOP(=O)(O)OC(C)=O.O=S(=O)(O)O.[NaH].[NaH]. The Labute approximate surface area is 207 Å². The van der Waals surface area contributed by atoms with E-state index in [-0.39, 0.29) is 65.7 Å². The molecule has 3 N–H and O–H groups in total. The number of unbranched alkanes of at least 4 members (excludes halogenated alkanes) is 9. The van der Waals surface area contributed by atoms with Crippen LogP contribution in [0.15, 0.2) is 0 Å². The van der Waals surface area contributed by atoms with Crippen LogP contribution in [-0.4, -0.2) is 94.1 Å². The fourth-order valence-electron chi connectivity index (χ4n) is 1.96. The van der Waals surface area contributed by atoms with Crippen molar-refractivity contribution >= 4 is 83.3 Å². The van der Waals surface area contributed by atoms with E-state index < -0.39 is 24.2 Å². The van der Waals surface area contributed by atoms with Crippen LogP contribution in [0.4, 0.5) is 0 Å². The van der Waals surface area contributed by atoms with E-state index in [1.165, 1.54) is 44.9 Å². The molecule has 0 saturated carbocycles. The topological polar surface area (TPSA) is 147 Å². The number of carbonyl (C=O) groups excluding carboxylic acids is 1. The van der Waals surface area contributed by atoms with Gasteiger partial charge in [-0.05, 0) is 6.42 Å². The van der Waals surface area contributed by atoms with Gasteiger partial charge in [-0.3, -0.25) is 23.3 Å². The van der Waals surface area contributed by atoms with Crippen molar-refractivity contribution < 1.29 is 40.8 Å². The van der Waals surface area contributed by atoms with E-state index in [1.54, 1.807) is 0 Å². The zero-order chi connectivity index (χ0) is 19.8. The molecular formula is C14H33Na2O9PS. The third-order valence-electron chi connectivity index (χ3n) is 3.00. The van der Waals surface area contributed by atoms with E-state index in [4.69, 9.17) is 22.4 Å². The van der Waals surface area contributed by atoms with E-state index in [2.05, 4.69) is 16.0 Å². The molecule has 0 saturated heterocycles. The van der Waals surface area contributed by atoms with E-state index >= 15 is 0 Å². The number of phosphoric acid groups is 1. The Morgan fingerprint density at radius 1 is 0.889 bits per heavy atom. The second-order valence-corrected chi connectivity index (χ2v) is 7.79. The average Bonchev–Trinajstić information content (AvgIpc) is 2.41. The summed E-state index contributed by atoms with van der Waals surface area (Å²) in [5.41, 5.74) is 0. The van der Waals surface area contributed by atoms with Crippen LogP contribution in [-0.2, 0) is 28.8 Å². The summed E-state index contributed by atoms with van der Waals surface area (Å²) < 4.78 is 51.6. The van der Waals surface area contributed by atoms with E-state index in [9.17, 15) is 9.36 Å². The molecule has 13 heteroatoms. The Bertz CT molecular complexity index is 481. The van der Waals surface area contributed by atoms with Crippen LogP contribution in [0.3, 0.4) is 0 Å². The molecule has 156 valence electrons. The van der Waals surface area contributed by atoms with Gasteiger partial charge in [0.15, 0.2) is 0 Å². The molecule has 0 aromatic carbocycles. The van der Waals surface area contributed by atoms with Crippen LogP contribution in [0.1, 0.15) is 78.1 Å². The Morgan fingerprint density at radius 2 is 1.22 bits per heavy atom. The summed E-state index contributed by atoms with van der Waals surface area (Å²) in [5.74, 6) is -0.807. The molecule has 0 amide bonds. The molecule has 0 radical (unpaired) electrons. The molecule has 0 fully saturated rings. The summed E-state index contributed by atoms with van der Waals surface area (Å²) in [4.78, 5) is 19.6. The van der Waals surface area contributed by atoms with Gasteiger partial charge in [0.05, 0.1) is 6.61 Å². The van der Waals surface area contributed by atoms with Crippen LogP contribution in [0.2, 0.25) is 0 Å². The molecule has 0 aromatic rings. The van der Waals surface area contributed by atoms with Crippen molar-refractivity contribution in [2.45, 2.75) is 78.1 Å².